The van der Waals surface area contributed by atoms with Crippen molar-refractivity contribution in [2.75, 3.05) is 0 Å². The molecule has 0 unspecified atom stereocenters. The number of halogens is 8. The molecule has 0 heterocycles. The van der Waals surface area contributed by atoms with Crippen LogP contribution in [0.1, 0.15) is 20.7 Å². The molecule has 30 heavy (non-hydrogen) atoms. The van der Waals surface area contributed by atoms with E-state index in [0.717, 1.165) is 0 Å². The van der Waals surface area contributed by atoms with Gasteiger partial charge in [0.2, 0.25) is 17.4 Å². The molecule has 0 amide bonds. The van der Waals surface area contributed by atoms with Crippen LogP contribution in [0.3, 0.4) is 0 Å². The van der Waals surface area contributed by atoms with E-state index >= 15 is 0 Å². The van der Waals surface area contributed by atoms with Crippen molar-refractivity contribution >= 4 is 112 Å². The van der Waals surface area contributed by atoms with Gasteiger partial charge in [-0.1, -0.05) is 0 Å². The average Bonchev–Trinajstić information content (AvgIpc) is 2.63. The molecule has 0 aliphatic heterocycles. The van der Waals surface area contributed by atoms with Crippen molar-refractivity contribution < 1.29 is 50.0 Å². The number of benzene rings is 2. The Balaban J connectivity index is 2.76. The number of carboxylic acids is 1. The van der Waals surface area contributed by atoms with Gasteiger partial charge >= 0.3 is 22.1 Å². The van der Waals surface area contributed by atoms with Gasteiger partial charge in [-0.3, -0.25) is 4.55 Å². The molecule has 2 rings (SSSR count). The zero-order valence-corrected chi connectivity index (χ0v) is 22.8. The molecule has 2 N–H and O–H groups in total. The Labute approximate surface area is 219 Å². The second-order valence-electron chi connectivity index (χ2n) is 5.09. The molecule has 0 spiro atoms. The normalized spacial score (nSPS) is 11.5. The molecular formula is C14H2F4I4O7S. The second-order valence-corrected chi connectivity index (χ2v) is 10.8. The van der Waals surface area contributed by atoms with Crippen LogP contribution in [0.5, 0.6) is 5.75 Å². The Morgan fingerprint density at radius 1 is 0.767 bits per heavy atom. The Kier molecular flexibility index (Phi) is 8.23. The number of hydrogen-bond acceptors (Lipinski definition) is 5. The molecule has 0 fully saturated rings. The summed E-state index contributed by atoms with van der Waals surface area (Å²) in [5.41, 5.74) is -1.22. The molecule has 7 nitrogen and oxygen atoms in total. The number of carboxylic acid groups (broad SMARTS) is 1. The van der Waals surface area contributed by atoms with Gasteiger partial charge in [0.25, 0.3) is 0 Å². The topological polar surface area (TPSA) is 118 Å². The zero-order valence-electron chi connectivity index (χ0n) is 13.4. The van der Waals surface area contributed by atoms with Gasteiger partial charge in [-0.25, -0.2) is 18.4 Å². The molecule has 0 bridgehead atoms. The molecule has 2 aromatic carbocycles. The van der Waals surface area contributed by atoms with Gasteiger partial charge in [-0.05, 0) is 90.4 Å². The van der Waals surface area contributed by atoms with Gasteiger partial charge in [-0.2, -0.15) is 17.2 Å². The van der Waals surface area contributed by atoms with Crippen molar-refractivity contribution in [3.63, 3.8) is 0 Å². The van der Waals surface area contributed by atoms with E-state index in [2.05, 4.69) is 4.74 Å². The SMILES string of the molecule is O=C(O)c1c(I)c(I)c(I)c(I)c1C(=O)Oc1c(F)c(F)c(S(=O)(=O)O)c(F)c1F. The number of ether oxygens (including phenoxy) is 1. The summed E-state index contributed by atoms with van der Waals surface area (Å²) in [4.78, 5) is 21.9. The molecule has 0 saturated heterocycles. The maximum atomic E-state index is 14.1. The summed E-state index contributed by atoms with van der Waals surface area (Å²) >= 11 is 6.80. The lowest BCUT2D eigenvalue weighted by Crippen LogP contribution is -2.21. The fraction of sp³-hybridized carbons (Fsp3) is 0. The summed E-state index contributed by atoms with van der Waals surface area (Å²) in [5.74, 6) is -15.1. The molecule has 0 aromatic heterocycles. The number of aromatic carboxylic acids is 1. The van der Waals surface area contributed by atoms with Crippen LogP contribution in [0.2, 0.25) is 0 Å². The summed E-state index contributed by atoms with van der Waals surface area (Å²) in [7, 11) is -5.70. The lowest BCUT2D eigenvalue weighted by molar-refractivity contribution is 0.0659. The first-order valence-corrected chi connectivity index (χ1v) is 12.5. The predicted molar refractivity (Wildman–Crippen MR) is 125 cm³/mol. The standard InChI is InChI=1S/C14H2F4I4O7S/c15-3-5(17)12(30(26,27)28)6(18)4(16)11(3)29-14(25)2-1(13(23)24)7(19)9(21)10(22)8(2)20/h(H,23,24)(H,26,27,28). The fourth-order valence-corrected chi connectivity index (χ4v) is 6.35. The van der Waals surface area contributed by atoms with Gasteiger partial charge in [0.15, 0.2) is 16.5 Å². The van der Waals surface area contributed by atoms with E-state index < -0.39 is 67.1 Å². The van der Waals surface area contributed by atoms with E-state index in [1.165, 1.54) is 0 Å². The van der Waals surface area contributed by atoms with Crippen LogP contribution in [-0.2, 0) is 10.1 Å². The van der Waals surface area contributed by atoms with Crippen LogP contribution in [-0.4, -0.2) is 30.0 Å². The third-order valence-corrected chi connectivity index (χ3v) is 11.6. The second kappa shape index (κ2) is 9.43. The zero-order chi connectivity index (χ0) is 23.3. The summed E-state index contributed by atoms with van der Waals surface area (Å²) in [6.07, 6.45) is 0. The third kappa shape index (κ3) is 4.66. The molecule has 162 valence electrons. The van der Waals surface area contributed by atoms with E-state index in [0.29, 0.717) is 7.14 Å². The highest BCUT2D eigenvalue weighted by Gasteiger charge is 2.36. The number of rotatable bonds is 4. The number of esters is 1. The highest BCUT2D eigenvalue weighted by atomic mass is 127. The monoisotopic (exact) mass is 898 g/mol. The van der Waals surface area contributed by atoms with Crippen molar-refractivity contribution in [2.45, 2.75) is 4.90 Å². The van der Waals surface area contributed by atoms with E-state index in [9.17, 15) is 40.7 Å². The minimum atomic E-state index is -5.70. The minimum absolute atomic E-state index is 0.0248. The first-order chi connectivity index (χ1) is 13.6. The first kappa shape index (κ1) is 26.2. The molecule has 2 aromatic rings. The van der Waals surface area contributed by atoms with Gasteiger partial charge in [0.1, 0.15) is 0 Å². The minimum Gasteiger partial charge on any atom is -0.478 e. The fourth-order valence-electron chi connectivity index (χ4n) is 2.08. The summed E-state index contributed by atoms with van der Waals surface area (Å²) in [6.45, 7) is 0. The molecule has 0 aliphatic rings. The molecule has 16 heteroatoms. The summed E-state index contributed by atoms with van der Waals surface area (Å²) in [5, 5.41) is 9.44. The highest BCUT2D eigenvalue weighted by Crippen LogP contribution is 2.36. The maximum absolute atomic E-state index is 14.1. The molecular weight excluding hydrogens is 896 g/mol. The van der Waals surface area contributed by atoms with Crippen LogP contribution < -0.4 is 4.74 Å². The van der Waals surface area contributed by atoms with Crippen molar-refractivity contribution in [2.24, 2.45) is 0 Å². The number of carbonyl (C=O) groups is 2. The lowest BCUT2D eigenvalue weighted by Gasteiger charge is -2.15. The quantitative estimate of drug-likeness (QED) is 0.0861. The van der Waals surface area contributed by atoms with Gasteiger partial charge in [0.05, 0.1) is 11.1 Å². The Bertz CT molecular complexity index is 1210. The molecule has 0 saturated carbocycles. The third-order valence-electron chi connectivity index (χ3n) is 3.32. The van der Waals surface area contributed by atoms with Crippen molar-refractivity contribution in [3.8, 4) is 5.75 Å². The average molecular weight is 898 g/mol. The van der Waals surface area contributed by atoms with Crippen molar-refractivity contribution in [1.82, 2.24) is 0 Å². The Hall–Kier alpha value is -0.0700. The highest BCUT2D eigenvalue weighted by molar-refractivity contribution is 14.1. The van der Waals surface area contributed by atoms with Gasteiger partial charge in [0, 0.05) is 14.3 Å². The molecule has 0 aliphatic carbocycles. The van der Waals surface area contributed by atoms with Crippen LogP contribution in [0.15, 0.2) is 4.90 Å². The lowest BCUT2D eigenvalue weighted by atomic mass is 10.1. The Morgan fingerprint density at radius 2 is 1.17 bits per heavy atom. The van der Waals surface area contributed by atoms with E-state index in [1.807, 2.05) is 22.6 Å². The smallest absolute Gasteiger partial charge is 0.345 e. The Morgan fingerprint density at radius 3 is 1.53 bits per heavy atom. The van der Waals surface area contributed by atoms with Gasteiger partial charge in [-0.15, -0.1) is 0 Å². The van der Waals surface area contributed by atoms with E-state index in [-0.39, 0.29) is 7.14 Å². The van der Waals surface area contributed by atoms with Crippen molar-refractivity contribution in [3.05, 3.63) is 48.7 Å². The van der Waals surface area contributed by atoms with Crippen LogP contribution in [0, 0.1) is 37.5 Å². The van der Waals surface area contributed by atoms with Crippen LogP contribution in [0.25, 0.3) is 0 Å². The summed E-state index contributed by atoms with van der Waals surface area (Å²) < 4.78 is 92.1. The van der Waals surface area contributed by atoms with Gasteiger partial charge < -0.3 is 9.84 Å². The number of carbonyl (C=O) groups excluding carboxylic acids is 1. The van der Waals surface area contributed by atoms with E-state index in [4.69, 9.17) is 4.55 Å². The first-order valence-electron chi connectivity index (χ1n) is 6.77. The predicted octanol–water partition coefficient (Wildman–Crippen LogP) is 4.83. The van der Waals surface area contributed by atoms with E-state index in [1.54, 1.807) is 67.8 Å². The van der Waals surface area contributed by atoms with Crippen LogP contribution in [0.4, 0.5) is 17.6 Å². The summed E-state index contributed by atoms with van der Waals surface area (Å²) in [6, 6.07) is 0. The largest absolute Gasteiger partial charge is 0.478 e. The molecule has 0 atom stereocenters. The molecule has 0 radical (unpaired) electrons. The number of hydrogen-bond donors (Lipinski definition) is 2. The van der Waals surface area contributed by atoms with Crippen LogP contribution >= 0.6 is 90.4 Å². The van der Waals surface area contributed by atoms with Crippen molar-refractivity contribution in [1.29, 1.82) is 0 Å². The maximum Gasteiger partial charge on any atom is 0.345 e.